The number of hydrogen-bond acceptors (Lipinski definition) is 8. The molecule has 5 rings (SSSR count). The zero-order chi connectivity index (χ0) is 27.2. The molecular formula is C25H26F3N5O4S. The molecule has 2 saturated heterocycles. The van der Waals surface area contributed by atoms with Crippen LogP contribution in [0.5, 0.6) is 0 Å². The second-order valence-corrected chi connectivity index (χ2v) is 10.2. The van der Waals surface area contributed by atoms with E-state index in [0.29, 0.717) is 22.0 Å². The molecule has 2 aromatic rings. The Bertz CT molecular complexity index is 1320. The lowest BCUT2D eigenvalue weighted by Crippen LogP contribution is -2.47. The molecule has 3 aliphatic heterocycles. The number of nitrogens with one attached hydrogen (secondary N) is 1. The summed E-state index contributed by atoms with van der Waals surface area (Å²) in [6, 6.07) is 1.29. The summed E-state index contributed by atoms with van der Waals surface area (Å²) in [6.45, 7) is 2.48. The number of likely N-dealkylation sites (tertiary alicyclic amines) is 2. The van der Waals surface area contributed by atoms with Gasteiger partial charge in [0.15, 0.2) is 10.8 Å². The molecule has 0 aliphatic carbocycles. The molecule has 0 saturated carbocycles. The van der Waals surface area contributed by atoms with Gasteiger partial charge in [0, 0.05) is 36.4 Å². The first-order valence-corrected chi connectivity index (χ1v) is 13.0. The van der Waals surface area contributed by atoms with Gasteiger partial charge in [0.1, 0.15) is 17.9 Å². The number of fused-ring (bicyclic) bond motifs is 1. The number of amidine groups is 1. The molecular weight excluding hydrogens is 523 g/mol. The zero-order valence-electron chi connectivity index (χ0n) is 20.7. The summed E-state index contributed by atoms with van der Waals surface area (Å²) in [6.07, 6.45) is 0.428. The summed E-state index contributed by atoms with van der Waals surface area (Å²) in [4.78, 5) is 36.2. The Labute approximate surface area is 220 Å². The van der Waals surface area contributed by atoms with Crippen LogP contribution < -0.4 is 5.32 Å². The number of benzene rings is 1. The van der Waals surface area contributed by atoms with Crippen LogP contribution in [0.2, 0.25) is 0 Å². The molecule has 202 valence electrons. The molecule has 3 atom stereocenters. The minimum Gasteiger partial charge on any atom is -0.465 e. The number of alkyl halides is 2. The third-order valence-corrected chi connectivity index (χ3v) is 7.93. The van der Waals surface area contributed by atoms with Gasteiger partial charge in [-0.2, -0.15) is 0 Å². The number of rotatable bonds is 6. The molecule has 4 heterocycles. The lowest BCUT2D eigenvalue weighted by atomic mass is 9.92. The molecule has 1 aromatic heterocycles. The highest BCUT2D eigenvalue weighted by Gasteiger charge is 2.61. The highest BCUT2D eigenvalue weighted by Crippen LogP contribution is 2.43. The van der Waals surface area contributed by atoms with Crippen LogP contribution >= 0.6 is 11.3 Å². The Morgan fingerprint density at radius 1 is 1.34 bits per heavy atom. The van der Waals surface area contributed by atoms with Crippen LogP contribution in [-0.4, -0.2) is 82.0 Å². The van der Waals surface area contributed by atoms with Gasteiger partial charge >= 0.3 is 12.1 Å². The number of amides is 1. The number of aliphatic imine (C=N–C) groups is 1. The van der Waals surface area contributed by atoms with E-state index >= 15 is 8.78 Å². The molecule has 3 aliphatic rings. The third kappa shape index (κ3) is 4.53. The first kappa shape index (κ1) is 26.2. The maximum Gasteiger partial charge on any atom is 0.407 e. The highest BCUT2D eigenvalue weighted by molar-refractivity contribution is 7.11. The highest BCUT2D eigenvalue weighted by atomic mass is 32.1. The van der Waals surface area contributed by atoms with Crippen LogP contribution in [0.25, 0.3) is 0 Å². The summed E-state index contributed by atoms with van der Waals surface area (Å²) in [7, 11) is 0. The second kappa shape index (κ2) is 10.0. The van der Waals surface area contributed by atoms with E-state index in [1.54, 1.807) is 31.5 Å². The van der Waals surface area contributed by atoms with Crippen LogP contribution in [0, 0.1) is 12.7 Å². The van der Waals surface area contributed by atoms with Crippen LogP contribution in [0.4, 0.5) is 18.0 Å². The van der Waals surface area contributed by atoms with Crippen molar-refractivity contribution in [3.63, 3.8) is 0 Å². The fourth-order valence-electron chi connectivity index (χ4n) is 5.50. The molecule has 1 amide bonds. The number of carbonyl (C=O) groups excluding carboxylic acids is 1. The normalized spacial score (nSPS) is 24.7. The number of halogens is 3. The van der Waals surface area contributed by atoms with Crippen molar-refractivity contribution in [2.45, 2.75) is 44.3 Å². The minimum atomic E-state index is -3.27. The fourth-order valence-corrected chi connectivity index (χ4v) is 6.09. The first-order valence-electron chi connectivity index (χ1n) is 12.1. The number of thiazole rings is 1. The van der Waals surface area contributed by atoms with E-state index in [1.165, 1.54) is 28.4 Å². The van der Waals surface area contributed by atoms with Crippen molar-refractivity contribution in [1.82, 2.24) is 20.1 Å². The summed E-state index contributed by atoms with van der Waals surface area (Å²) in [5, 5.41) is 14.8. The average Bonchev–Trinajstić information content (AvgIpc) is 3.60. The minimum absolute atomic E-state index is 0.00903. The third-order valence-electron chi connectivity index (χ3n) is 7.15. The first-order chi connectivity index (χ1) is 18.1. The summed E-state index contributed by atoms with van der Waals surface area (Å²) in [5.41, 5.74) is 1.09. The number of carboxylic acid groups (broad SMARTS) is 1. The van der Waals surface area contributed by atoms with Gasteiger partial charge in [0.2, 0.25) is 0 Å². The van der Waals surface area contributed by atoms with E-state index < -0.39 is 48.5 Å². The Hall–Kier alpha value is -3.45. The number of esters is 1. The van der Waals surface area contributed by atoms with Crippen molar-refractivity contribution < 1.29 is 32.6 Å². The molecule has 1 aromatic carbocycles. The van der Waals surface area contributed by atoms with Gasteiger partial charge in [-0.3, -0.25) is 14.8 Å². The summed E-state index contributed by atoms with van der Waals surface area (Å²) in [5.74, 6) is -4.13. The standard InChI is InChI=1S/C25H26F3N5O4S/c1-3-37-23(34)18-16(11-32-12-25(27,28)20-17(32)7-9-33(20)24(35)36)30-21(22-29-8-10-38-22)31-19(18)14-5-4-6-15(26)13(14)2/h4-6,8,10,17,19-20H,3,7,9,11-12H2,1-2H3,(H,30,31)(H,35,36)/t17-,19?,20+/m0/s1. The molecule has 2 N–H and O–H groups in total. The van der Waals surface area contributed by atoms with Crippen molar-refractivity contribution in [2.75, 3.05) is 26.2 Å². The monoisotopic (exact) mass is 549 g/mol. The van der Waals surface area contributed by atoms with E-state index in [2.05, 4.69) is 10.3 Å². The van der Waals surface area contributed by atoms with E-state index in [9.17, 15) is 19.1 Å². The predicted octanol–water partition coefficient (Wildman–Crippen LogP) is 3.57. The van der Waals surface area contributed by atoms with Crippen LogP contribution in [0.3, 0.4) is 0 Å². The summed E-state index contributed by atoms with van der Waals surface area (Å²) < 4.78 is 50.1. The maximum atomic E-state index is 15.1. The number of carbonyl (C=O) groups is 2. The SMILES string of the molecule is CCOC(=O)C1=C(CN2CC(F)(F)[C@H]3[C@@H]2CCN3C(=O)O)NC(c2nccs2)=NC1c1cccc(F)c1C. The van der Waals surface area contributed by atoms with E-state index in [4.69, 9.17) is 9.73 Å². The van der Waals surface area contributed by atoms with Crippen molar-refractivity contribution >= 4 is 29.2 Å². The van der Waals surface area contributed by atoms with Crippen molar-refractivity contribution in [2.24, 2.45) is 4.99 Å². The molecule has 0 spiro atoms. The van der Waals surface area contributed by atoms with E-state index in [1.807, 2.05) is 0 Å². The Kier molecular flexibility index (Phi) is 6.90. The van der Waals surface area contributed by atoms with Crippen LogP contribution in [-0.2, 0) is 9.53 Å². The number of nitrogens with zero attached hydrogens (tertiary/aromatic N) is 4. The van der Waals surface area contributed by atoms with Crippen molar-refractivity contribution in [1.29, 1.82) is 0 Å². The van der Waals surface area contributed by atoms with Gasteiger partial charge in [0.05, 0.1) is 18.7 Å². The Morgan fingerprint density at radius 3 is 2.82 bits per heavy atom. The van der Waals surface area contributed by atoms with E-state index in [-0.39, 0.29) is 37.4 Å². The molecule has 2 fully saturated rings. The second-order valence-electron chi connectivity index (χ2n) is 9.35. The Balaban J connectivity index is 1.60. The average molecular weight is 550 g/mol. The zero-order valence-corrected chi connectivity index (χ0v) is 21.5. The summed E-state index contributed by atoms with van der Waals surface area (Å²) >= 11 is 1.29. The molecule has 0 bridgehead atoms. The topological polar surface area (TPSA) is 107 Å². The fraction of sp³-hybridized carbons (Fsp3) is 0.440. The molecule has 0 radical (unpaired) electrons. The van der Waals surface area contributed by atoms with Gasteiger partial charge in [-0.05, 0) is 37.5 Å². The van der Waals surface area contributed by atoms with Crippen molar-refractivity contribution in [3.05, 3.63) is 63.0 Å². The van der Waals surface area contributed by atoms with Gasteiger partial charge in [-0.1, -0.05) is 12.1 Å². The van der Waals surface area contributed by atoms with Gasteiger partial charge in [0.25, 0.3) is 5.92 Å². The molecule has 9 nitrogen and oxygen atoms in total. The Morgan fingerprint density at radius 2 is 2.13 bits per heavy atom. The number of hydrogen-bond donors (Lipinski definition) is 2. The molecule has 1 unspecified atom stereocenters. The largest absolute Gasteiger partial charge is 0.465 e. The van der Waals surface area contributed by atoms with Crippen molar-refractivity contribution in [3.8, 4) is 0 Å². The lowest BCUT2D eigenvalue weighted by molar-refractivity contribution is -0.139. The number of ether oxygens (including phenoxy) is 1. The predicted molar refractivity (Wildman–Crippen MR) is 133 cm³/mol. The van der Waals surface area contributed by atoms with Crippen LogP contribution in [0.1, 0.15) is 35.5 Å². The quantitative estimate of drug-likeness (QED) is 0.531. The van der Waals surface area contributed by atoms with Crippen LogP contribution in [0.15, 0.2) is 46.0 Å². The maximum absolute atomic E-state index is 15.1. The van der Waals surface area contributed by atoms with Gasteiger partial charge in [-0.25, -0.2) is 27.7 Å². The van der Waals surface area contributed by atoms with E-state index in [0.717, 1.165) is 4.90 Å². The van der Waals surface area contributed by atoms with Gasteiger partial charge in [-0.15, -0.1) is 11.3 Å². The van der Waals surface area contributed by atoms with Gasteiger partial charge < -0.3 is 15.2 Å². The molecule has 38 heavy (non-hydrogen) atoms. The molecule has 13 heteroatoms. The smallest absolute Gasteiger partial charge is 0.407 e. The lowest BCUT2D eigenvalue weighted by Gasteiger charge is -2.31. The number of aromatic nitrogens is 1.